The molecule has 0 N–H and O–H groups in total. The third-order valence-corrected chi connectivity index (χ3v) is 7.78. The predicted molar refractivity (Wildman–Crippen MR) is 161 cm³/mol. The lowest BCUT2D eigenvalue weighted by atomic mass is 9.96. The van der Waals surface area contributed by atoms with Crippen molar-refractivity contribution >= 4 is 33.0 Å². The van der Waals surface area contributed by atoms with Crippen LogP contribution < -0.4 is 0 Å². The van der Waals surface area contributed by atoms with Crippen LogP contribution in [0.4, 0.5) is 0 Å². The average molecular weight is 508 g/mol. The van der Waals surface area contributed by atoms with E-state index in [0.717, 1.165) is 55.7 Å². The van der Waals surface area contributed by atoms with Gasteiger partial charge in [-0.25, -0.2) is 4.98 Å². The van der Waals surface area contributed by atoms with Crippen LogP contribution in [0.1, 0.15) is 27.8 Å². The molecule has 7 aromatic rings. The Labute approximate surface area is 227 Å². The molecule has 0 amide bonds. The molecule has 3 heterocycles. The second-order valence-electron chi connectivity index (χ2n) is 10.6. The summed E-state index contributed by atoms with van der Waals surface area (Å²) >= 11 is 0. The van der Waals surface area contributed by atoms with E-state index in [2.05, 4.69) is 112 Å². The Morgan fingerprint density at radius 3 is 2.18 bits per heavy atom. The van der Waals surface area contributed by atoms with Crippen molar-refractivity contribution in [1.82, 2.24) is 14.5 Å². The normalized spacial score (nSPS) is 11.7. The largest absolute Gasteiger partial charge is 0.454 e. The van der Waals surface area contributed by atoms with Gasteiger partial charge in [-0.3, -0.25) is 9.55 Å². The van der Waals surface area contributed by atoms with Crippen LogP contribution in [0, 0.1) is 34.6 Å². The van der Waals surface area contributed by atoms with Gasteiger partial charge < -0.3 is 4.42 Å². The van der Waals surface area contributed by atoms with Crippen molar-refractivity contribution in [3.8, 4) is 28.3 Å². The summed E-state index contributed by atoms with van der Waals surface area (Å²) in [6, 6.07) is 27.7. The van der Waals surface area contributed by atoms with Gasteiger partial charge in [-0.1, -0.05) is 60.2 Å². The highest BCUT2D eigenvalue weighted by Crippen LogP contribution is 2.40. The minimum Gasteiger partial charge on any atom is -0.454 e. The third-order valence-electron chi connectivity index (χ3n) is 7.78. The number of fused-ring (bicyclic) bond motifs is 4. The molecule has 3 aromatic heterocycles. The molecule has 7 rings (SSSR count). The summed E-state index contributed by atoms with van der Waals surface area (Å²) in [5, 5.41) is 2.12. The molecule has 0 aliphatic heterocycles. The van der Waals surface area contributed by atoms with E-state index in [1.807, 2.05) is 12.3 Å². The van der Waals surface area contributed by atoms with E-state index < -0.39 is 0 Å². The van der Waals surface area contributed by atoms with E-state index in [4.69, 9.17) is 14.4 Å². The molecular formula is C35H29N3O. The fraction of sp³-hybridized carbons (Fsp3) is 0.143. The summed E-state index contributed by atoms with van der Waals surface area (Å²) in [6.07, 6.45) is 1.86. The molecule has 0 bridgehead atoms. The lowest BCUT2D eigenvalue weighted by Gasteiger charge is -2.15. The number of hydrogen-bond donors (Lipinski definition) is 0. The summed E-state index contributed by atoms with van der Waals surface area (Å²) < 4.78 is 8.82. The molecule has 0 aliphatic rings. The monoisotopic (exact) mass is 507 g/mol. The van der Waals surface area contributed by atoms with E-state index in [1.54, 1.807) is 0 Å². The Balaban J connectivity index is 1.51. The van der Waals surface area contributed by atoms with Gasteiger partial charge in [0.2, 0.25) is 0 Å². The van der Waals surface area contributed by atoms with Crippen LogP contribution in [0.2, 0.25) is 0 Å². The zero-order chi connectivity index (χ0) is 26.8. The van der Waals surface area contributed by atoms with Crippen molar-refractivity contribution in [1.29, 1.82) is 0 Å². The predicted octanol–water partition coefficient (Wildman–Crippen LogP) is 9.20. The van der Waals surface area contributed by atoms with Gasteiger partial charge in [0, 0.05) is 16.3 Å². The molecule has 4 nitrogen and oxygen atoms in total. The summed E-state index contributed by atoms with van der Waals surface area (Å²) in [5.41, 5.74) is 14.0. The Kier molecular flexibility index (Phi) is 5.21. The Morgan fingerprint density at radius 2 is 1.41 bits per heavy atom. The van der Waals surface area contributed by atoms with Gasteiger partial charge in [0.1, 0.15) is 11.4 Å². The van der Waals surface area contributed by atoms with E-state index in [9.17, 15) is 0 Å². The van der Waals surface area contributed by atoms with Gasteiger partial charge in [0.05, 0.1) is 34.2 Å². The fourth-order valence-corrected chi connectivity index (χ4v) is 6.19. The number of hydrogen-bond acceptors (Lipinski definition) is 3. The number of imidazole rings is 1. The zero-order valence-electron chi connectivity index (χ0n) is 22.8. The summed E-state index contributed by atoms with van der Waals surface area (Å²) in [6.45, 7) is 10.8. The first-order valence-corrected chi connectivity index (χ1v) is 13.3. The van der Waals surface area contributed by atoms with E-state index in [-0.39, 0.29) is 0 Å². The van der Waals surface area contributed by atoms with E-state index >= 15 is 0 Å². The maximum absolute atomic E-state index is 6.54. The van der Waals surface area contributed by atoms with Crippen molar-refractivity contribution in [2.45, 2.75) is 34.6 Å². The highest BCUT2D eigenvalue weighted by molar-refractivity contribution is 6.10. The molecule has 0 spiro atoms. The summed E-state index contributed by atoms with van der Waals surface area (Å²) in [4.78, 5) is 9.98. The molecule has 0 radical (unpaired) electrons. The van der Waals surface area contributed by atoms with Crippen molar-refractivity contribution < 1.29 is 4.42 Å². The quantitative estimate of drug-likeness (QED) is 0.239. The van der Waals surface area contributed by atoms with Crippen LogP contribution in [0.25, 0.3) is 61.3 Å². The molecule has 0 aliphatic carbocycles. The molecule has 0 atom stereocenters. The molecule has 0 saturated carbocycles. The summed E-state index contributed by atoms with van der Waals surface area (Å²) in [5.74, 6) is 0.872. The van der Waals surface area contributed by atoms with Gasteiger partial charge in [-0.2, -0.15) is 0 Å². The fourth-order valence-electron chi connectivity index (χ4n) is 6.19. The highest BCUT2D eigenvalue weighted by atomic mass is 16.3. The first-order valence-electron chi connectivity index (χ1n) is 13.3. The lowest BCUT2D eigenvalue weighted by Crippen LogP contribution is -2.02. The van der Waals surface area contributed by atoms with Gasteiger partial charge in [-0.15, -0.1) is 0 Å². The first kappa shape index (κ1) is 23.4. The van der Waals surface area contributed by atoms with E-state index in [1.165, 1.54) is 33.4 Å². The zero-order valence-corrected chi connectivity index (χ0v) is 22.8. The topological polar surface area (TPSA) is 43.9 Å². The number of rotatable bonds is 3. The second-order valence-corrected chi connectivity index (χ2v) is 10.6. The molecule has 190 valence electrons. The minimum absolute atomic E-state index is 0.776. The summed E-state index contributed by atoms with van der Waals surface area (Å²) in [7, 11) is 0. The number of aromatic nitrogens is 3. The molecule has 0 unspecified atom stereocenters. The average Bonchev–Trinajstić information content (AvgIpc) is 3.47. The van der Waals surface area contributed by atoms with Crippen LogP contribution in [-0.4, -0.2) is 14.5 Å². The second kappa shape index (κ2) is 8.67. The Hall–Kier alpha value is -4.70. The van der Waals surface area contributed by atoms with Crippen molar-refractivity contribution in [2.24, 2.45) is 0 Å². The molecular weight excluding hydrogens is 478 g/mol. The number of aryl methyl sites for hydroxylation is 5. The lowest BCUT2D eigenvalue weighted by molar-refractivity contribution is 0.667. The van der Waals surface area contributed by atoms with Gasteiger partial charge >= 0.3 is 0 Å². The minimum atomic E-state index is 0.776. The maximum Gasteiger partial charge on any atom is 0.153 e. The van der Waals surface area contributed by atoms with Crippen LogP contribution >= 0.6 is 0 Å². The Bertz CT molecular complexity index is 2030. The third kappa shape index (κ3) is 3.59. The number of pyridine rings is 1. The van der Waals surface area contributed by atoms with Crippen LogP contribution in [0.15, 0.2) is 89.5 Å². The smallest absolute Gasteiger partial charge is 0.153 e. The first-order chi connectivity index (χ1) is 18.9. The Morgan fingerprint density at radius 1 is 0.692 bits per heavy atom. The molecule has 0 saturated heterocycles. The van der Waals surface area contributed by atoms with Crippen molar-refractivity contribution in [3.63, 3.8) is 0 Å². The van der Waals surface area contributed by atoms with Gasteiger partial charge in [-0.05, 0) is 81.1 Å². The molecule has 0 fully saturated rings. The maximum atomic E-state index is 6.54. The molecule has 4 aromatic carbocycles. The van der Waals surface area contributed by atoms with Crippen LogP contribution in [0.5, 0.6) is 0 Å². The van der Waals surface area contributed by atoms with Gasteiger partial charge in [0.25, 0.3) is 0 Å². The van der Waals surface area contributed by atoms with Crippen molar-refractivity contribution in [2.75, 3.05) is 0 Å². The molecule has 39 heavy (non-hydrogen) atoms. The van der Waals surface area contributed by atoms with E-state index in [0.29, 0.717) is 0 Å². The molecule has 4 heteroatoms. The van der Waals surface area contributed by atoms with Gasteiger partial charge in [0.15, 0.2) is 5.58 Å². The van der Waals surface area contributed by atoms with Crippen molar-refractivity contribution in [3.05, 3.63) is 113 Å². The highest BCUT2D eigenvalue weighted by Gasteiger charge is 2.21. The number of benzene rings is 4. The SMILES string of the molecule is Cc1cc(C)c(-c2cc3c(cn2)oc2c(-c4nc5ccccc5n4-c4c(C)cccc4C)cccc23)c(C)c1. The van der Waals surface area contributed by atoms with Crippen LogP contribution in [0.3, 0.4) is 0 Å². The van der Waals surface area contributed by atoms with Crippen LogP contribution in [-0.2, 0) is 0 Å². The number of nitrogens with zero attached hydrogens (tertiary/aromatic N) is 3. The standard InChI is InChI=1S/C35H29N3O/c1-20-16-23(4)32(24(5)17-20)29-18-27-25-12-9-13-26(34(25)39-31(27)19-36-29)35-37-28-14-6-7-15-30(28)38(35)33-21(2)10-8-11-22(33)3/h6-19H,1-5H3. The number of furan rings is 1. The number of para-hydroxylation sites is 4.